The summed E-state index contributed by atoms with van der Waals surface area (Å²) in [6.45, 7) is 4.31. The van der Waals surface area contributed by atoms with Gasteiger partial charge in [0.05, 0.1) is 12.2 Å². The van der Waals surface area contributed by atoms with Crippen molar-refractivity contribution in [3.8, 4) is 0 Å². The number of carboxylic acids is 1. The quantitative estimate of drug-likeness (QED) is 0.326. The van der Waals surface area contributed by atoms with Gasteiger partial charge in [0.15, 0.2) is 0 Å². The predicted octanol–water partition coefficient (Wildman–Crippen LogP) is 4.71. The minimum atomic E-state index is -0.752. The normalized spacial score (nSPS) is 25.9. The van der Waals surface area contributed by atoms with Crippen molar-refractivity contribution in [2.24, 2.45) is 17.8 Å². The molecule has 26 heavy (non-hydrogen) atoms. The summed E-state index contributed by atoms with van der Waals surface area (Å²) >= 11 is 0. The summed E-state index contributed by atoms with van der Waals surface area (Å²) in [5, 5.41) is 29.4. The Bertz CT molecular complexity index is 443. The largest absolute Gasteiger partial charge is 0.481 e. The molecule has 0 aliphatic heterocycles. The number of aliphatic carboxylic acids is 1. The van der Waals surface area contributed by atoms with E-state index in [1.165, 1.54) is 0 Å². The number of hydrogen-bond acceptors (Lipinski definition) is 3. The van der Waals surface area contributed by atoms with Gasteiger partial charge in [0, 0.05) is 6.42 Å². The Morgan fingerprint density at radius 1 is 1.19 bits per heavy atom. The molecule has 5 atom stereocenters. The van der Waals surface area contributed by atoms with Gasteiger partial charge in [-0.3, -0.25) is 4.79 Å². The highest BCUT2D eigenvalue weighted by Gasteiger charge is 2.32. The fourth-order valence-corrected chi connectivity index (χ4v) is 3.89. The van der Waals surface area contributed by atoms with Crippen LogP contribution in [0.4, 0.5) is 0 Å². The number of unbranched alkanes of at least 4 members (excludes halogenated alkanes) is 2. The predicted molar refractivity (Wildman–Crippen MR) is 106 cm³/mol. The van der Waals surface area contributed by atoms with Crippen LogP contribution < -0.4 is 0 Å². The van der Waals surface area contributed by atoms with E-state index in [1.54, 1.807) is 0 Å². The van der Waals surface area contributed by atoms with Gasteiger partial charge in [-0.15, -0.1) is 0 Å². The van der Waals surface area contributed by atoms with Gasteiger partial charge in [0.25, 0.3) is 0 Å². The Morgan fingerprint density at radius 3 is 2.62 bits per heavy atom. The van der Waals surface area contributed by atoms with Crippen LogP contribution in [-0.4, -0.2) is 33.5 Å². The number of aliphatic hydroxyl groups is 2. The van der Waals surface area contributed by atoms with Crippen LogP contribution in [0.1, 0.15) is 78.1 Å². The molecule has 0 saturated heterocycles. The van der Waals surface area contributed by atoms with Crippen molar-refractivity contribution in [3.05, 3.63) is 24.3 Å². The Hall–Kier alpha value is -1.13. The van der Waals surface area contributed by atoms with Gasteiger partial charge in [0.1, 0.15) is 0 Å². The highest BCUT2D eigenvalue weighted by molar-refractivity contribution is 5.66. The minimum absolute atomic E-state index is 0.199. The molecule has 0 bridgehead atoms. The van der Waals surface area contributed by atoms with Crippen molar-refractivity contribution in [1.29, 1.82) is 0 Å². The Morgan fingerprint density at radius 2 is 1.96 bits per heavy atom. The van der Waals surface area contributed by atoms with Crippen LogP contribution in [0.15, 0.2) is 24.3 Å². The van der Waals surface area contributed by atoms with Crippen LogP contribution in [0, 0.1) is 17.8 Å². The zero-order valence-electron chi connectivity index (χ0n) is 16.5. The molecule has 0 aromatic carbocycles. The zero-order chi connectivity index (χ0) is 19.4. The Labute approximate surface area is 159 Å². The van der Waals surface area contributed by atoms with Crippen molar-refractivity contribution in [2.75, 3.05) is 0 Å². The van der Waals surface area contributed by atoms with Crippen LogP contribution in [0.25, 0.3) is 0 Å². The fourth-order valence-electron chi connectivity index (χ4n) is 3.89. The van der Waals surface area contributed by atoms with E-state index in [2.05, 4.69) is 26.0 Å². The number of rotatable bonds is 13. The molecule has 1 rings (SSSR count). The Balaban J connectivity index is 2.48. The molecule has 2 unspecified atom stereocenters. The van der Waals surface area contributed by atoms with Gasteiger partial charge in [0.2, 0.25) is 0 Å². The van der Waals surface area contributed by atoms with Crippen LogP contribution in [0.3, 0.4) is 0 Å². The molecule has 1 aliphatic carbocycles. The maximum atomic E-state index is 10.5. The molecule has 4 heteroatoms. The first-order valence-electron chi connectivity index (χ1n) is 10.4. The van der Waals surface area contributed by atoms with E-state index in [4.69, 9.17) is 5.11 Å². The maximum absolute atomic E-state index is 10.5. The summed E-state index contributed by atoms with van der Waals surface area (Å²) < 4.78 is 0. The third-order valence-electron chi connectivity index (χ3n) is 5.67. The van der Waals surface area contributed by atoms with Gasteiger partial charge < -0.3 is 15.3 Å². The van der Waals surface area contributed by atoms with E-state index < -0.39 is 12.1 Å². The van der Waals surface area contributed by atoms with E-state index in [-0.39, 0.29) is 18.4 Å². The van der Waals surface area contributed by atoms with Gasteiger partial charge >= 0.3 is 5.97 Å². The minimum Gasteiger partial charge on any atom is -0.481 e. The number of carbonyl (C=O) groups is 1. The first kappa shape index (κ1) is 22.9. The molecular formula is C22H38O4. The lowest BCUT2D eigenvalue weighted by Crippen LogP contribution is -2.20. The second-order valence-electron chi connectivity index (χ2n) is 7.65. The molecular weight excluding hydrogens is 328 g/mol. The molecule has 3 N–H and O–H groups in total. The van der Waals surface area contributed by atoms with Gasteiger partial charge in [-0.25, -0.2) is 0 Å². The van der Waals surface area contributed by atoms with Gasteiger partial charge in [-0.05, 0) is 56.3 Å². The monoisotopic (exact) mass is 366 g/mol. The molecule has 0 aromatic rings. The Kier molecular flexibility index (Phi) is 11.5. The fraction of sp³-hybridized carbons (Fsp3) is 0.773. The first-order valence-corrected chi connectivity index (χ1v) is 10.4. The zero-order valence-corrected chi connectivity index (χ0v) is 16.5. The first-order chi connectivity index (χ1) is 12.5. The average molecular weight is 367 g/mol. The molecule has 150 valence electrons. The summed E-state index contributed by atoms with van der Waals surface area (Å²) in [6, 6.07) is 0. The highest BCUT2D eigenvalue weighted by atomic mass is 16.4. The highest BCUT2D eigenvalue weighted by Crippen LogP contribution is 2.36. The number of carboxylic acid groups (broad SMARTS) is 1. The molecule has 0 amide bonds. The SMILES string of the molecule is CCCCC(CC)C(O)C=C[C@@H]1CC[C@@H](O)[C@@H]1CC=CCCCC(=O)O. The number of hydrogen-bond donors (Lipinski definition) is 3. The maximum Gasteiger partial charge on any atom is 0.303 e. The van der Waals surface area contributed by atoms with Crippen molar-refractivity contribution in [2.45, 2.75) is 90.3 Å². The smallest absolute Gasteiger partial charge is 0.303 e. The summed E-state index contributed by atoms with van der Waals surface area (Å²) in [4.78, 5) is 10.5. The lowest BCUT2D eigenvalue weighted by molar-refractivity contribution is -0.137. The topological polar surface area (TPSA) is 77.8 Å². The van der Waals surface area contributed by atoms with Crippen molar-refractivity contribution in [3.63, 3.8) is 0 Å². The summed E-state index contributed by atoms with van der Waals surface area (Å²) in [5.41, 5.74) is 0. The van der Waals surface area contributed by atoms with E-state index in [0.29, 0.717) is 18.3 Å². The van der Waals surface area contributed by atoms with Gasteiger partial charge in [-0.2, -0.15) is 0 Å². The summed E-state index contributed by atoms with van der Waals surface area (Å²) in [5.74, 6) is 0.0831. The number of aliphatic hydroxyl groups excluding tert-OH is 2. The van der Waals surface area contributed by atoms with Crippen molar-refractivity contribution in [1.82, 2.24) is 0 Å². The molecule has 0 aromatic heterocycles. The van der Waals surface area contributed by atoms with Crippen LogP contribution >= 0.6 is 0 Å². The second kappa shape index (κ2) is 13.1. The van der Waals surface area contributed by atoms with E-state index >= 15 is 0 Å². The van der Waals surface area contributed by atoms with Gasteiger partial charge in [-0.1, -0.05) is 57.4 Å². The molecule has 1 saturated carbocycles. The van der Waals surface area contributed by atoms with Crippen LogP contribution in [0.2, 0.25) is 0 Å². The summed E-state index contributed by atoms with van der Waals surface area (Å²) in [6.07, 6.45) is 16.1. The van der Waals surface area contributed by atoms with Crippen LogP contribution in [-0.2, 0) is 4.79 Å². The number of allylic oxidation sites excluding steroid dienone is 3. The van der Waals surface area contributed by atoms with E-state index in [9.17, 15) is 15.0 Å². The molecule has 1 fully saturated rings. The summed E-state index contributed by atoms with van der Waals surface area (Å²) in [7, 11) is 0. The van der Waals surface area contributed by atoms with E-state index in [0.717, 1.165) is 51.4 Å². The van der Waals surface area contributed by atoms with Crippen LogP contribution in [0.5, 0.6) is 0 Å². The standard InChI is InChI=1S/C22H38O4/c1-3-5-10-17(4-2)20(23)15-13-18-14-16-21(24)19(18)11-8-6-7-9-12-22(25)26/h6,8,13,15,17-21,23-24H,3-5,7,9-12,14,16H2,1-2H3,(H,25,26)/t17?,18-,19-,20?,21-/m1/s1. The van der Waals surface area contributed by atoms with Crippen molar-refractivity contribution < 1.29 is 20.1 Å². The lowest BCUT2D eigenvalue weighted by Gasteiger charge is -2.21. The lowest BCUT2D eigenvalue weighted by atomic mass is 9.88. The average Bonchev–Trinajstić information content (AvgIpc) is 2.96. The third kappa shape index (κ3) is 8.50. The van der Waals surface area contributed by atoms with E-state index in [1.807, 2.05) is 12.2 Å². The molecule has 0 spiro atoms. The molecule has 4 nitrogen and oxygen atoms in total. The molecule has 0 heterocycles. The molecule has 1 aliphatic rings. The van der Waals surface area contributed by atoms with Crippen molar-refractivity contribution >= 4 is 5.97 Å². The molecule has 0 radical (unpaired) electrons. The third-order valence-corrected chi connectivity index (χ3v) is 5.67. The second-order valence-corrected chi connectivity index (χ2v) is 7.65.